The Morgan fingerprint density at radius 1 is 1.33 bits per heavy atom. The van der Waals surface area contributed by atoms with E-state index in [1.807, 2.05) is 12.5 Å². The van der Waals surface area contributed by atoms with Gasteiger partial charge < -0.3 is 9.88 Å². The highest BCUT2D eigenvalue weighted by Gasteiger charge is 2.18. The molecule has 0 radical (unpaired) electrons. The third-order valence-electron chi connectivity index (χ3n) is 4.35. The van der Waals surface area contributed by atoms with Gasteiger partial charge in [0, 0.05) is 25.3 Å². The van der Waals surface area contributed by atoms with Gasteiger partial charge in [0.25, 0.3) is 0 Å². The van der Waals surface area contributed by atoms with Crippen molar-refractivity contribution in [2.75, 3.05) is 0 Å². The molecule has 1 aromatic heterocycles. The second-order valence-electron chi connectivity index (χ2n) is 5.59. The quantitative estimate of drug-likeness (QED) is 0.811. The molecule has 1 aliphatic carbocycles. The van der Waals surface area contributed by atoms with Crippen LogP contribution in [0.4, 0.5) is 0 Å². The summed E-state index contributed by atoms with van der Waals surface area (Å²) in [5.74, 6) is 0.866. The highest BCUT2D eigenvalue weighted by molar-refractivity contribution is 4.98. The molecule has 1 aromatic rings. The van der Waals surface area contributed by atoms with Crippen molar-refractivity contribution in [2.45, 2.75) is 71.5 Å². The van der Waals surface area contributed by atoms with Gasteiger partial charge in [-0.15, -0.1) is 0 Å². The number of hydrogen-bond donors (Lipinski definition) is 1. The molecule has 1 aliphatic rings. The number of aromatic nitrogens is 2. The number of aryl methyl sites for hydroxylation is 1. The number of hydrogen-bond acceptors (Lipinski definition) is 2. The average Bonchev–Trinajstić information content (AvgIpc) is 2.67. The SMILES string of the molecule is CCn1cncc1CN[C@H](C)C1CCCCCC1. The molecule has 0 bridgehead atoms. The lowest BCUT2D eigenvalue weighted by atomic mass is 9.93. The highest BCUT2D eigenvalue weighted by atomic mass is 15.1. The summed E-state index contributed by atoms with van der Waals surface area (Å²) in [4.78, 5) is 4.22. The minimum atomic E-state index is 0.628. The van der Waals surface area contributed by atoms with Crippen molar-refractivity contribution in [1.29, 1.82) is 0 Å². The highest BCUT2D eigenvalue weighted by Crippen LogP contribution is 2.25. The minimum absolute atomic E-state index is 0.628. The van der Waals surface area contributed by atoms with Gasteiger partial charge in [0.2, 0.25) is 0 Å². The smallest absolute Gasteiger partial charge is 0.0948 e. The van der Waals surface area contributed by atoms with Crippen LogP contribution in [0.3, 0.4) is 0 Å². The Morgan fingerprint density at radius 3 is 2.72 bits per heavy atom. The minimum Gasteiger partial charge on any atom is -0.334 e. The van der Waals surface area contributed by atoms with Gasteiger partial charge >= 0.3 is 0 Å². The van der Waals surface area contributed by atoms with Gasteiger partial charge in [0.05, 0.1) is 12.0 Å². The maximum atomic E-state index is 4.22. The standard InChI is InChI=1S/C15H27N3/c1-3-18-12-16-10-15(18)11-17-13(2)14-8-6-4-5-7-9-14/h10,12-14,17H,3-9,11H2,1-2H3/t13-/m1/s1. The fourth-order valence-electron chi connectivity index (χ4n) is 3.02. The van der Waals surface area contributed by atoms with E-state index in [0.29, 0.717) is 6.04 Å². The van der Waals surface area contributed by atoms with E-state index in [0.717, 1.165) is 19.0 Å². The molecule has 0 aliphatic heterocycles. The van der Waals surface area contributed by atoms with Crippen LogP contribution < -0.4 is 5.32 Å². The molecular formula is C15H27N3. The summed E-state index contributed by atoms with van der Waals surface area (Å²) in [6.45, 7) is 6.48. The Bertz CT molecular complexity index is 337. The van der Waals surface area contributed by atoms with E-state index >= 15 is 0 Å². The molecule has 2 rings (SSSR count). The fourth-order valence-corrected chi connectivity index (χ4v) is 3.02. The van der Waals surface area contributed by atoms with Crippen LogP contribution in [0.15, 0.2) is 12.5 Å². The van der Waals surface area contributed by atoms with Crippen LogP contribution in [0.5, 0.6) is 0 Å². The first-order valence-electron chi connectivity index (χ1n) is 7.53. The van der Waals surface area contributed by atoms with Gasteiger partial charge in [-0.2, -0.15) is 0 Å². The molecule has 1 heterocycles. The lowest BCUT2D eigenvalue weighted by molar-refractivity contribution is 0.334. The fraction of sp³-hybridized carbons (Fsp3) is 0.800. The van der Waals surface area contributed by atoms with Crippen LogP contribution in [-0.4, -0.2) is 15.6 Å². The summed E-state index contributed by atoms with van der Waals surface area (Å²) in [7, 11) is 0. The Labute approximate surface area is 111 Å². The van der Waals surface area contributed by atoms with Gasteiger partial charge in [-0.05, 0) is 32.6 Å². The lowest BCUT2D eigenvalue weighted by Crippen LogP contribution is -2.33. The monoisotopic (exact) mass is 249 g/mol. The molecule has 1 atom stereocenters. The van der Waals surface area contributed by atoms with E-state index in [4.69, 9.17) is 0 Å². The first-order chi connectivity index (χ1) is 8.81. The van der Waals surface area contributed by atoms with Gasteiger partial charge in [-0.25, -0.2) is 4.98 Å². The van der Waals surface area contributed by atoms with E-state index in [-0.39, 0.29) is 0 Å². The number of imidazole rings is 1. The van der Waals surface area contributed by atoms with Gasteiger partial charge in [0.15, 0.2) is 0 Å². The zero-order valence-electron chi connectivity index (χ0n) is 11.9. The van der Waals surface area contributed by atoms with Crippen LogP contribution in [0.25, 0.3) is 0 Å². The zero-order chi connectivity index (χ0) is 12.8. The van der Waals surface area contributed by atoms with E-state index in [1.165, 1.54) is 44.2 Å². The van der Waals surface area contributed by atoms with Crippen LogP contribution in [0, 0.1) is 5.92 Å². The molecule has 1 fully saturated rings. The Morgan fingerprint density at radius 2 is 2.06 bits per heavy atom. The largest absolute Gasteiger partial charge is 0.334 e. The molecule has 1 N–H and O–H groups in total. The zero-order valence-corrected chi connectivity index (χ0v) is 11.9. The van der Waals surface area contributed by atoms with Crippen LogP contribution in [0.2, 0.25) is 0 Å². The van der Waals surface area contributed by atoms with E-state index in [1.54, 1.807) is 0 Å². The molecular weight excluding hydrogens is 222 g/mol. The van der Waals surface area contributed by atoms with Gasteiger partial charge in [-0.3, -0.25) is 0 Å². The van der Waals surface area contributed by atoms with Crippen molar-refractivity contribution < 1.29 is 0 Å². The van der Waals surface area contributed by atoms with Crippen LogP contribution in [-0.2, 0) is 13.1 Å². The second-order valence-corrected chi connectivity index (χ2v) is 5.59. The predicted octanol–water partition coefficient (Wildman–Crippen LogP) is 3.35. The van der Waals surface area contributed by atoms with Gasteiger partial charge in [0.1, 0.15) is 0 Å². The average molecular weight is 249 g/mol. The summed E-state index contributed by atoms with van der Waals surface area (Å²) in [6.07, 6.45) is 12.4. The summed E-state index contributed by atoms with van der Waals surface area (Å²) >= 11 is 0. The second kappa shape index (κ2) is 6.93. The molecule has 3 nitrogen and oxygen atoms in total. The molecule has 0 spiro atoms. The maximum Gasteiger partial charge on any atom is 0.0948 e. The third-order valence-corrected chi connectivity index (χ3v) is 4.35. The van der Waals surface area contributed by atoms with Crippen molar-refractivity contribution >= 4 is 0 Å². The lowest BCUT2D eigenvalue weighted by Gasteiger charge is -2.23. The van der Waals surface area contributed by atoms with Crippen LogP contribution >= 0.6 is 0 Å². The van der Waals surface area contributed by atoms with E-state index in [2.05, 4.69) is 28.7 Å². The van der Waals surface area contributed by atoms with E-state index < -0.39 is 0 Å². The number of nitrogens with zero attached hydrogens (tertiary/aromatic N) is 2. The molecule has 1 saturated carbocycles. The topological polar surface area (TPSA) is 29.9 Å². The van der Waals surface area contributed by atoms with E-state index in [9.17, 15) is 0 Å². The van der Waals surface area contributed by atoms with Gasteiger partial charge in [-0.1, -0.05) is 25.7 Å². The molecule has 0 amide bonds. The Kier molecular flexibility index (Phi) is 5.24. The summed E-state index contributed by atoms with van der Waals surface area (Å²) in [5.41, 5.74) is 1.30. The Hall–Kier alpha value is -0.830. The summed E-state index contributed by atoms with van der Waals surface area (Å²) < 4.78 is 2.22. The van der Waals surface area contributed by atoms with Crippen molar-refractivity contribution in [1.82, 2.24) is 14.9 Å². The third kappa shape index (κ3) is 3.58. The molecule has 18 heavy (non-hydrogen) atoms. The molecule has 0 saturated heterocycles. The number of rotatable bonds is 5. The first kappa shape index (κ1) is 13.6. The maximum absolute atomic E-state index is 4.22. The first-order valence-corrected chi connectivity index (χ1v) is 7.53. The van der Waals surface area contributed by atoms with Crippen molar-refractivity contribution in [2.24, 2.45) is 5.92 Å². The molecule has 3 heteroatoms. The molecule has 0 aromatic carbocycles. The predicted molar refractivity (Wildman–Crippen MR) is 75.4 cm³/mol. The Balaban J connectivity index is 1.81. The summed E-state index contributed by atoms with van der Waals surface area (Å²) in [5, 5.41) is 3.70. The molecule has 0 unspecified atom stereocenters. The normalized spacial score (nSPS) is 19.7. The van der Waals surface area contributed by atoms with Crippen molar-refractivity contribution in [3.05, 3.63) is 18.2 Å². The summed E-state index contributed by atoms with van der Waals surface area (Å²) in [6, 6.07) is 0.628. The number of nitrogens with one attached hydrogen (secondary N) is 1. The van der Waals surface area contributed by atoms with Crippen molar-refractivity contribution in [3.8, 4) is 0 Å². The van der Waals surface area contributed by atoms with Crippen LogP contribution in [0.1, 0.15) is 58.1 Å². The molecule has 102 valence electrons. The van der Waals surface area contributed by atoms with Crippen molar-refractivity contribution in [3.63, 3.8) is 0 Å².